The normalized spacial score (nSPS) is 11.3. The van der Waals surface area contributed by atoms with Crippen LogP contribution in [0.3, 0.4) is 0 Å². The van der Waals surface area contributed by atoms with Gasteiger partial charge in [-0.15, -0.1) is 0 Å². The van der Waals surface area contributed by atoms with Gasteiger partial charge in [-0.05, 0) is 13.0 Å². The summed E-state index contributed by atoms with van der Waals surface area (Å²) >= 11 is 0. The third-order valence-electron chi connectivity index (χ3n) is 1.30. The molecule has 78 valence electrons. The summed E-state index contributed by atoms with van der Waals surface area (Å²) in [5.41, 5.74) is 0. The molecule has 1 heterocycles. The molecule has 0 aromatic carbocycles. The molecule has 0 aliphatic carbocycles. The molecular weight excluding hydrogens is 215 g/mol. The number of hydrogen-bond donors (Lipinski definition) is 0. The number of carbonyl (C=O) groups excluding carboxylic acids is 1. The minimum atomic E-state index is -4.95. The second-order valence-corrected chi connectivity index (χ2v) is 3.51. The number of carbonyl (C=O) groups is 1. The molecule has 0 spiro atoms. The summed E-state index contributed by atoms with van der Waals surface area (Å²) < 4.78 is 38.3. The molecule has 0 N–H and O–H groups in total. The van der Waals surface area contributed by atoms with Crippen molar-refractivity contribution in [2.75, 3.05) is 6.61 Å². The van der Waals surface area contributed by atoms with Crippen molar-refractivity contribution in [2.45, 2.75) is 11.9 Å². The van der Waals surface area contributed by atoms with Crippen LogP contribution in [-0.4, -0.2) is 30.9 Å². The molecule has 1 aromatic rings. The van der Waals surface area contributed by atoms with Gasteiger partial charge in [0.15, 0.2) is 5.03 Å². The molecule has 1 aromatic heterocycles. The molecule has 0 aliphatic rings. The molecule has 1 rings (SSSR count). The summed E-state index contributed by atoms with van der Waals surface area (Å²) in [4.78, 5) is 11.0. The van der Waals surface area contributed by atoms with Gasteiger partial charge in [0.2, 0.25) is 0 Å². The predicted octanol–water partition coefficient (Wildman–Crippen LogP) is 0.546. The van der Waals surface area contributed by atoms with E-state index in [9.17, 15) is 17.1 Å². The molecule has 0 amide bonds. The molecule has 0 bridgehead atoms. The number of halogens is 1. The van der Waals surface area contributed by atoms with Gasteiger partial charge in [0.25, 0.3) is 0 Å². The van der Waals surface area contributed by atoms with Gasteiger partial charge in [-0.1, -0.05) is 3.89 Å². The maximum atomic E-state index is 12.5. The van der Waals surface area contributed by atoms with Crippen LogP contribution in [0.5, 0.6) is 0 Å². The van der Waals surface area contributed by atoms with Crippen LogP contribution >= 0.6 is 0 Å². The zero-order chi connectivity index (χ0) is 10.8. The monoisotopic (exact) mass is 222 g/mol. The molecule has 8 heteroatoms. The van der Waals surface area contributed by atoms with Gasteiger partial charge in [0.1, 0.15) is 0 Å². The van der Waals surface area contributed by atoms with E-state index in [2.05, 4.69) is 9.84 Å². The van der Waals surface area contributed by atoms with Gasteiger partial charge in [-0.3, -0.25) is 0 Å². The van der Waals surface area contributed by atoms with E-state index in [-0.39, 0.29) is 6.61 Å². The minimum Gasteiger partial charge on any atom is -0.448 e. The highest BCUT2D eigenvalue weighted by atomic mass is 32.3. The van der Waals surface area contributed by atoms with Gasteiger partial charge in [-0.2, -0.15) is 18.2 Å². The third kappa shape index (κ3) is 2.08. The Morgan fingerprint density at radius 1 is 1.71 bits per heavy atom. The van der Waals surface area contributed by atoms with Crippen molar-refractivity contribution in [1.82, 2.24) is 9.78 Å². The number of rotatable bonds is 2. The van der Waals surface area contributed by atoms with E-state index in [0.29, 0.717) is 4.68 Å². The lowest BCUT2D eigenvalue weighted by atomic mass is 10.7. The van der Waals surface area contributed by atoms with Crippen molar-refractivity contribution in [3.05, 3.63) is 12.3 Å². The van der Waals surface area contributed by atoms with Crippen molar-refractivity contribution in [3.8, 4) is 0 Å². The zero-order valence-electron chi connectivity index (χ0n) is 7.18. The standard InChI is InChI=1S/C6H7FN2O4S/c1-2-13-6(10)9-5(3-4-8-9)14(7,11)12/h3-4H,2H2,1H3. The average molecular weight is 222 g/mol. The van der Waals surface area contributed by atoms with Gasteiger partial charge in [0.05, 0.1) is 12.8 Å². The van der Waals surface area contributed by atoms with E-state index in [4.69, 9.17) is 0 Å². The Hall–Kier alpha value is -1.44. The van der Waals surface area contributed by atoms with E-state index >= 15 is 0 Å². The smallest absolute Gasteiger partial charge is 0.435 e. The Morgan fingerprint density at radius 3 is 2.86 bits per heavy atom. The summed E-state index contributed by atoms with van der Waals surface area (Å²) in [5, 5.41) is 2.49. The summed E-state index contributed by atoms with van der Waals surface area (Å²) in [6.07, 6.45) is -0.0441. The van der Waals surface area contributed by atoms with Crippen LogP contribution < -0.4 is 0 Å². The van der Waals surface area contributed by atoms with Crippen molar-refractivity contribution in [1.29, 1.82) is 0 Å². The van der Waals surface area contributed by atoms with Crippen molar-refractivity contribution < 1.29 is 21.8 Å². The van der Waals surface area contributed by atoms with E-state index in [0.717, 1.165) is 12.3 Å². The molecule has 0 fully saturated rings. The highest BCUT2D eigenvalue weighted by Crippen LogP contribution is 2.11. The molecule has 0 aliphatic heterocycles. The lowest BCUT2D eigenvalue weighted by molar-refractivity contribution is 0.147. The van der Waals surface area contributed by atoms with E-state index < -0.39 is 21.3 Å². The quantitative estimate of drug-likeness (QED) is 0.682. The van der Waals surface area contributed by atoms with E-state index in [1.54, 1.807) is 0 Å². The number of hydrogen-bond acceptors (Lipinski definition) is 5. The van der Waals surface area contributed by atoms with Gasteiger partial charge >= 0.3 is 16.3 Å². The van der Waals surface area contributed by atoms with Crippen LogP contribution in [0.25, 0.3) is 0 Å². The fourth-order valence-corrected chi connectivity index (χ4v) is 1.35. The Labute approximate surface area is 79.5 Å². The number of aromatic nitrogens is 2. The second-order valence-electron chi connectivity index (χ2n) is 2.22. The Morgan fingerprint density at radius 2 is 2.36 bits per heavy atom. The first-order valence-corrected chi connectivity index (χ1v) is 5.01. The zero-order valence-corrected chi connectivity index (χ0v) is 7.99. The molecule has 0 saturated heterocycles. The van der Waals surface area contributed by atoms with Crippen molar-refractivity contribution in [2.24, 2.45) is 0 Å². The number of nitrogens with zero attached hydrogens (tertiary/aromatic N) is 2. The van der Waals surface area contributed by atoms with Crippen LogP contribution in [0.1, 0.15) is 6.92 Å². The summed E-state index contributed by atoms with van der Waals surface area (Å²) in [7, 11) is -4.95. The topological polar surface area (TPSA) is 78.3 Å². The van der Waals surface area contributed by atoms with Crippen LogP contribution in [0.15, 0.2) is 17.3 Å². The first-order valence-electron chi connectivity index (χ1n) is 3.62. The predicted molar refractivity (Wildman–Crippen MR) is 42.9 cm³/mol. The first kappa shape index (κ1) is 10.6. The van der Waals surface area contributed by atoms with E-state index in [1.807, 2.05) is 0 Å². The Balaban J connectivity index is 3.12. The largest absolute Gasteiger partial charge is 0.448 e. The minimum absolute atomic E-state index is 0.0461. The van der Waals surface area contributed by atoms with Crippen molar-refractivity contribution >= 4 is 16.3 Å². The maximum Gasteiger partial charge on any atom is 0.435 e. The summed E-state index contributed by atoms with van der Waals surface area (Å²) in [6.45, 7) is 1.58. The van der Waals surface area contributed by atoms with Crippen LogP contribution in [0.4, 0.5) is 8.68 Å². The number of ether oxygens (including phenoxy) is 1. The van der Waals surface area contributed by atoms with E-state index in [1.165, 1.54) is 6.92 Å². The Bertz CT molecular complexity index is 438. The lowest BCUT2D eigenvalue weighted by Gasteiger charge is -2.02. The van der Waals surface area contributed by atoms with Crippen LogP contribution in [0, 0.1) is 0 Å². The van der Waals surface area contributed by atoms with Crippen LogP contribution in [0.2, 0.25) is 0 Å². The first-order chi connectivity index (χ1) is 6.46. The summed E-state index contributed by atoms with van der Waals surface area (Å²) in [5.74, 6) is 0. The molecular formula is C6H7FN2O4S. The van der Waals surface area contributed by atoms with Gasteiger partial charge in [0, 0.05) is 0 Å². The lowest BCUT2D eigenvalue weighted by Crippen LogP contribution is -2.18. The second kappa shape index (κ2) is 3.74. The fraction of sp³-hybridized carbons (Fsp3) is 0.333. The average Bonchev–Trinajstić information content (AvgIpc) is 2.50. The Kier molecular flexibility index (Phi) is 2.84. The highest BCUT2D eigenvalue weighted by molar-refractivity contribution is 7.86. The molecule has 0 unspecified atom stereocenters. The van der Waals surface area contributed by atoms with Crippen LogP contribution in [-0.2, 0) is 15.0 Å². The van der Waals surface area contributed by atoms with Crippen molar-refractivity contribution in [3.63, 3.8) is 0 Å². The molecule has 6 nitrogen and oxygen atoms in total. The van der Waals surface area contributed by atoms with Gasteiger partial charge in [-0.25, -0.2) is 4.79 Å². The summed E-state index contributed by atoms with van der Waals surface area (Å²) in [6, 6.07) is 0.867. The molecule has 0 radical (unpaired) electrons. The maximum absolute atomic E-state index is 12.5. The SMILES string of the molecule is CCOC(=O)n1nccc1S(=O)(=O)F. The van der Waals surface area contributed by atoms with Gasteiger partial charge < -0.3 is 4.74 Å². The fourth-order valence-electron chi connectivity index (χ4n) is 0.798. The molecule has 0 atom stereocenters. The molecule has 0 saturated carbocycles. The highest BCUT2D eigenvalue weighted by Gasteiger charge is 2.22. The molecule has 14 heavy (non-hydrogen) atoms. The third-order valence-corrected chi connectivity index (χ3v) is 2.11.